The SMILES string of the molecule is CCN(CC)CC1(CC)CCNC1. The van der Waals surface area contributed by atoms with E-state index < -0.39 is 0 Å². The topological polar surface area (TPSA) is 15.3 Å². The van der Waals surface area contributed by atoms with Gasteiger partial charge in [-0.05, 0) is 37.9 Å². The second-order valence-electron chi connectivity index (χ2n) is 4.24. The van der Waals surface area contributed by atoms with Crippen LogP contribution in [0.5, 0.6) is 0 Å². The Morgan fingerprint density at radius 2 is 1.92 bits per heavy atom. The second kappa shape index (κ2) is 4.97. The molecule has 0 aromatic rings. The minimum Gasteiger partial charge on any atom is -0.316 e. The zero-order valence-corrected chi connectivity index (χ0v) is 9.40. The summed E-state index contributed by atoms with van der Waals surface area (Å²) in [4.78, 5) is 2.55. The molecule has 0 saturated carbocycles. The van der Waals surface area contributed by atoms with Gasteiger partial charge in [-0.2, -0.15) is 0 Å². The molecule has 1 N–H and O–H groups in total. The van der Waals surface area contributed by atoms with Crippen LogP contribution in [0.15, 0.2) is 0 Å². The highest BCUT2D eigenvalue weighted by molar-refractivity contribution is 4.89. The molecule has 0 aromatic heterocycles. The van der Waals surface area contributed by atoms with Crippen molar-refractivity contribution in [3.63, 3.8) is 0 Å². The van der Waals surface area contributed by atoms with Crippen LogP contribution >= 0.6 is 0 Å². The van der Waals surface area contributed by atoms with E-state index in [1.165, 1.54) is 45.6 Å². The maximum atomic E-state index is 3.49. The average Bonchev–Trinajstić information content (AvgIpc) is 2.63. The van der Waals surface area contributed by atoms with Gasteiger partial charge in [0, 0.05) is 13.1 Å². The third kappa shape index (κ3) is 2.68. The predicted molar refractivity (Wildman–Crippen MR) is 58.0 cm³/mol. The summed E-state index contributed by atoms with van der Waals surface area (Å²) in [6.07, 6.45) is 2.68. The third-order valence-corrected chi connectivity index (χ3v) is 3.54. The van der Waals surface area contributed by atoms with Crippen LogP contribution in [0.1, 0.15) is 33.6 Å². The van der Waals surface area contributed by atoms with Crippen LogP contribution in [0.2, 0.25) is 0 Å². The molecule has 1 saturated heterocycles. The maximum absolute atomic E-state index is 3.49. The largest absolute Gasteiger partial charge is 0.316 e. The van der Waals surface area contributed by atoms with Crippen molar-refractivity contribution in [1.29, 1.82) is 0 Å². The van der Waals surface area contributed by atoms with Crippen LogP contribution in [-0.2, 0) is 0 Å². The molecular weight excluding hydrogens is 160 g/mol. The van der Waals surface area contributed by atoms with Gasteiger partial charge in [-0.1, -0.05) is 20.8 Å². The molecule has 0 amide bonds. The van der Waals surface area contributed by atoms with Crippen molar-refractivity contribution >= 4 is 0 Å². The molecule has 13 heavy (non-hydrogen) atoms. The van der Waals surface area contributed by atoms with Crippen LogP contribution in [0.4, 0.5) is 0 Å². The van der Waals surface area contributed by atoms with Gasteiger partial charge in [-0.3, -0.25) is 0 Å². The lowest BCUT2D eigenvalue weighted by molar-refractivity contribution is 0.170. The summed E-state index contributed by atoms with van der Waals surface area (Å²) in [5.41, 5.74) is 0.575. The molecule has 0 aromatic carbocycles. The van der Waals surface area contributed by atoms with Gasteiger partial charge >= 0.3 is 0 Å². The van der Waals surface area contributed by atoms with Crippen molar-refractivity contribution in [2.45, 2.75) is 33.6 Å². The summed E-state index contributed by atoms with van der Waals surface area (Å²) in [7, 11) is 0. The third-order valence-electron chi connectivity index (χ3n) is 3.54. The van der Waals surface area contributed by atoms with E-state index >= 15 is 0 Å². The smallest absolute Gasteiger partial charge is 0.00503 e. The molecule has 1 atom stereocenters. The molecule has 0 bridgehead atoms. The molecule has 0 aliphatic carbocycles. The monoisotopic (exact) mass is 184 g/mol. The van der Waals surface area contributed by atoms with Gasteiger partial charge in [-0.15, -0.1) is 0 Å². The maximum Gasteiger partial charge on any atom is 0.00503 e. The van der Waals surface area contributed by atoms with E-state index in [0.717, 1.165) is 0 Å². The first-order valence-corrected chi connectivity index (χ1v) is 5.69. The first-order chi connectivity index (χ1) is 6.26. The normalized spacial score (nSPS) is 28.6. The van der Waals surface area contributed by atoms with Crippen molar-refractivity contribution in [2.75, 3.05) is 32.7 Å². The van der Waals surface area contributed by atoms with Gasteiger partial charge in [0.05, 0.1) is 0 Å². The van der Waals surface area contributed by atoms with Crippen LogP contribution < -0.4 is 5.32 Å². The Morgan fingerprint density at radius 1 is 1.23 bits per heavy atom. The van der Waals surface area contributed by atoms with Crippen LogP contribution in [0.25, 0.3) is 0 Å². The Hall–Kier alpha value is -0.0800. The molecule has 0 radical (unpaired) electrons. The van der Waals surface area contributed by atoms with Gasteiger partial charge in [0.2, 0.25) is 0 Å². The number of hydrogen-bond acceptors (Lipinski definition) is 2. The molecule has 2 heteroatoms. The van der Waals surface area contributed by atoms with Crippen LogP contribution in [0, 0.1) is 5.41 Å². The Kier molecular flexibility index (Phi) is 4.20. The Labute approximate surface area is 82.7 Å². The number of hydrogen-bond donors (Lipinski definition) is 1. The van der Waals surface area contributed by atoms with Gasteiger partial charge in [0.1, 0.15) is 0 Å². The fourth-order valence-electron chi connectivity index (χ4n) is 2.27. The summed E-state index contributed by atoms with van der Waals surface area (Å²) < 4.78 is 0. The van der Waals surface area contributed by atoms with E-state index in [1.54, 1.807) is 0 Å². The highest BCUT2D eigenvalue weighted by atomic mass is 15.1. The number of nitrogens with one attached hydrogen (secondary N) is 1. The lowest BCUT2D eigenvalue weighted by Crippen LogP contribution is -2.38. The van der Waals surface area contributed by atoms with Crippen molar-refractivity contribution in [3.8, 4) is 0 Å². The molecule has 0 spiro atoms. The Balaban J connectivity index is 2.46. The predicted octanol–water partition coefficient (Wildman–Crippen LogP) is 1.72. The molecule has 2 nitrogen and oxygen atoms in total. The van der Waals surface area contributed by atoms with Crippen LogP contribution in [0.3, 0.4) is 0 Å². The summed E-state index contributed by atoms with van der Waals surface area (Å²) in [5.74, 6) is 0. The highest BCUT2D eigenvalue weighted by Crippen LogP contribution is 2.30. The first kappa shape index (κ1) is 11.0. The van der Waals surface area contributed by atoms with Gasteiger partial charge in [0.15, 0.2) is 0 Å². The molecule has 1 rings (SSSR count). The Bertz CT molecular complexity index is 135. The zero-order chi connectivity index (χ0) is 9.73. The minimum absolute atomic E-state index is 0.575. The van der Waals surface area contributed by atoms with Gasteiger partial charge in [0.25, 0.3) is 0 Å². The van der Waals surface area contributed by atoms with Crippen molar-refractivity contribution in [3.05, 3.63) is 0 Å². The molecule has 1 aliphatic rings. The summed E-state index contributed by atoms with van der Waals surface area (Å²) in [5, 5.41) is 3.49. The van der Waals surface area contributed by atoms with Gasteiger partial charge in [-0.25, -0.2) is 0 Å². The molecule has 1 unspecified atom stereocenters. The summed E-state index contributed by atoms with van der Waals surface area (Å²) in [6, 6.07) is 0. The van der Waals surface area contributed by atoms with E-state index in [9.17, 15) is 0 Å². The first-order valence-electron chi connectivity index (χ1n) is 5.69. The average molecular weight is 184 g/mol. The van der Waals surface area contributed by atoms with E-state index in [1.807, 2.05) is 0 Å². The van der Waals surface area contributed by atoms with Crippen molar-refractivity contribution in [1.82, 2.24) is 10.2 Å². The van der Waals surface area contributed by atoms with E-state index in [-0.39, 0.29) is 0 Å². The lowest BCUT2D eigenvalue weighted by atomic mass is 9.84. The standard InChI is InChI=1S/C11H24N2/c1-4-11(7-8-12-9-11)10-13(5-2)6-3/h12H,4-10H2,1-3H3. The van der Waals surface area contributed by atoms with E-state index in [2.05, 4.69) is 31.0 Å². The molecule has 1 fully saturated rings. The molecule has 1 aliphatic heterocycles. The number of nitrogens with zero attached hydrogens (tertiary/aromatic N) is 1. The zero-order valence-electron chi connectivity index (χ0n) is 9.40. The fraction of sp³-hybridized carbons (Fsp3) is 1.00. The second-order valence-corrected chi connectivity index (χ2v) is 4.24. The fourth-order valence-corrected chi connectivity index (χ4v) is 2.27. The van der Waals surface area contributed by atoms with Crippen molar-refractivity contribution in [2.24, 2.45) is 5.41 Å². The van der Waals surface area contributed by atoms with Gasteiger partial charge < -0.3 is 10.2 Å². The highest BCUT2D eigenvalue weighted by Gasteiger charge is 2.32. The van der Waals surface area contributed by atoms with E-state index in [4.69, 9.17) is 0 Å². The van der Waals surface area contributed by atoms with Crippen molar-refractivity contribution < 1.29 is 0 Å². The van der Waals surface area contributed by atoms with Crippen LogP contribution in [-0.4, -0.2) is 37.6 Å². The van der Waals surface area contributed by atoms with E-state index in [0.29, 0.717) is 5.41 Å². The molecule has 78 valence electrons. The lowest BCUT2D eigenvalue weighted by Gasteiger charge is -2.33. The Morgan fingerprint density at radius 3 is 2.31 bits per heavy atom. The number of rotatable bonds is 5. The molecule has 1 heterocycles. The summed E-state index contributed by atoms with van der Waals surface area (Å²) in [6.45, 7) is 13.0. The molecular formula is C11H24N2. The quantitative estimate of drug-likeness (QED) is 0.700. The summed E-state index contributed by atoms with van der Waals surface area (Å²) >= 11 is 0. The minimum atomic E-state index is 0.575.